The molecule has 0 unspecified atom stereocenters. The maximum atomic E-state index is 12.1. The Morgan fingerprint density at radius 1 is 1.47 bits per heavy atom. The average molecular weight is 294 g/mol. The van der Waals surface area contributed by atoms with Gasteiger partial charge in [-0.3, -0.25) is 9.36 Å². The molecular weight excluding hydrogens is 284 g/mol. The first-order valence-electron chi connectivity index (χ1n) is 5.27. The molecule has 0 saturated carbocycles. The number of carboxylic acid groups (broad SMARTS) is 1. The van der Waals surface area contributed by atoms with Crippen LogP contribution in [0.15, 0.2) is 40.2 Å². The number of hydrogen-bond donors (Lipinski definition) is 2. The molecule has 2 rings (SSSR count). The van der Waals surface area contributed by atoms with E-state index in [1.807, 2.05) is 12.3 Å². The summed E-state index contributed by atoms with van der Waals surface area (Å²) in [5, 5.41) is 8.96. The molecule has 0 aliphatic heterocycles. The summed E-state index contributed by atoms with van der Waals surface area (Å²) in [6.45, 7) is 0. The van der Waals surface area contributed by atoms with Gasteiger partial charge in [-0.25, -0.2) is 4.79 Å². The lowest BCUT2D eigenvalue weighted by atomic mass is 10.3. The fraction of sp³-hybridized carbons (Fsp3) is 0.0833. The highest BCUT2D eigenvalue weighted by molar-refractivity contribution is 7.98. The van der Waals surface area contributed by atoms with Gasteiger partial charge in [-0.15, -0.1) is 11.8 Å². The molecule has 19 heavy (non-hydrogen) atoms. The van der Waals surface area contributed by atoms with Crippen molar-refractivity contribution in [1.82, 2.24) is 9.55 Å². The monoisotopic (exact) mass is 294 g/mol. The van der Waals surface area contributed by atoms with Gasteiger partial charge in [0.2, 0.25) is 0 Å². The van der Waals surface area contributed by atoms with Gasteiger partial charge < -0.3 is 10.1 Å². The number of hydrogen-bond acceptors (Lipinski definition) is 4. The third-order valence-corrected chi connectivity index (χ3v) is 3.54. The normalized spacial score (nSPS) is 10.4. The third kappa shape index (κ3) is 2.61. The molecule has 5 nitrogen and oxygen atoms in total. The van der Waals surface area contributed by atoms with Crippen LogP contribution in [0.4, 0.5) is 0 Å². The van der Waals surface area contributed by atoms with Gasteiger partial charge in [0.15, 0.2) is 4.77 Å². The van der Waals surface area contributed by atoms with E-state index in [0.717, 1.165) is 11.1 Å². The first-order valence-corrected chi connectivity index (χ1v) is 6.90. The van der Waals surface area contributed by atoms with Crippen molar-refractivity contribution in [2.24, 2.45) is 0 Å². The molecule has 0 aliphatic rings. The molecule has 1 aromatic heterocycles. The van der Waals surface area contributed by atoms with Gasteiger partial charge in [0.1, 0.15) is 5.56 Å². The zero-order valence-electron chi connectivity index (χ0n) is 9.91. The van der Waals surface area contributed by atoms with Gasteiger partial charge in [-0.1, -0.05) is 6.07 Å². The molecule has 0 saturated heterocycles. The number of benzene rings is 1. The summed E-state index contributed by atoms with van der Waals surface area (Å²) in [6.07, 6.45) is 3.03. The van der Waals surface area contributed by atoms with Gasteiger partial charge in [-0.05, 0) is 36.7 Å². The largest absolute Gasteiger partial charge is 0.477 e. The van der Waals surface area contributed by atoms with E-state index < -0.39 is 11.5 Å². The van der Waals surface area contributed by atoms with Crippen molar-refractivity contribution in [3.63, 3.8) is 0 Å². The number of H-pyrrole nitrogens is 1. The van der Waals surface area contributed by atoms with Crippen LogP contribution >= 0.6 is 24.0 Å². The third-order valence-electron chi connectivity index (χ3n) is 2.52. The number of rotatable bonds is 3. The van der Waals surface area contributed by atoms with Crippen LogP contribution in [0.2, 0.25) is 0 Å². The topological polar surface area (TPSA) is 75.1 Å². The molecule has 2 aromatic rings. The second-order valence-corrected chi connectivity index (χ2v) is 4.92. The first-order chi connectivity index (χ1) is 9.04. The van der Waals surface area contributed by atoms with E-state index in [0.29, 0.717) is 5.69 Å². The van der Waals surface area contributed by atoms with E-state index in [-0.39, 0.29) is 10.3 Å². The SMILES string of the molecule is CSc1cccc(-n2c(=S)[nH]cc(C(=O)O)c2=O)c1. The molecule has 1 aromatic carbocycles. The number of nitrogens with zero attached hydrogens (tertiary/aromatic N) is 1. The van der Waals surface area contributed by atoms with Crippen molar-refractivity contribution in [3.05, 3.63) is 51.2 Å². The van der Waals surface area contributed by atoms with Crippen molar-refractivity contribution in [2.75, 3.05) is 6.26 Å². The molecule has 0 atom stereocenters. The Morgan fingerprint density at radius 3 is 2.84 bits per heavy atom. The fourth-order valence-electron chi connectivity index (χ4n) is 1.61. The summed E-state index contributed by atoms with van der Waals surface area (Å²) in [5.41, 5.74) is -0.446. The zero-order chi connectivity index (χ0) is 14.0. The van der Waals surface area contributed by atoms with E-state index in [4.69, 9.17) is 17.3 Å². The molecule has 0 spiro atoms. The number of carboxylic acids is 1. The van der Waals surface area contributed by atoms with Gasteiger partial charge in [-0.2, -0.15) is 0 Å². The fourth-order valence-corrected chi connectivity index (χ4v) is 2.31. The smallest absolute Gasteiger partial charge is 0.342 e. The molecule has 98 valence electrons. The van der Waals surface area contributed by atoms with Crippen molar-refractivity contribution >= 4 is 29.9 Å². The van der Waals surface area contributed by atoms with Gasteiger partial charge in [0, 0.05) is 11.1 Å². The van der Waals surface area contributed by atoms with E-state index in [9.17, 15) is 9.59 Å². The van der Waals surface area contributed by atoms with Crippen LogP contribution < -0.4 is 5.56 Å². The standard InChI is InChI=1S/C12H10N2O3S2/c1-19-8-4-2-3-7(5-8)14-10(15)9(11(16)17)6-13-12(14)18/h2-6H,1H3,(H,13,18)(H,16,17). The summed E-state index contributed by atoms with van der Waals surface area (Å²) in [4.78, 5) is 26.7. The maximum Gasteiger partial charge on any atom is 0.342 e. The summed E-state index contributed by atoms with van der Waals surface area (Å²) in [7, 11) is 0. The molecule has 0 bridgehead atoms. The summed E-state index contributed by atoms with van der Waals surface area (Å²) in [6, 6.07) is 7.17. The zero-order valence-corrected chi connectivity index (χ0v) is 11.5. The molecule has 7 heteroatoms. The first kappa shape index (κ1) is 13.6. The Morgan fingerprint density at radius 2 is 2.21 bits per heavy atom. The van der Waals surface area contributed by atoms with Crippen LogP contribution in [0, 0.1) is 4.77 Å². The molecule has 0 radical (unpaired) electrons. The van der Waals surface area contributed by atoms with Crippen molar-refractivity contribution < 1.29 is 9.90 Å². The van der Waals surface area contributed by atoms with Crippen LogP contribution in [0.25, 0.3) is 5.69 Å². The maximum absolute atomic E-state index is 12.1. The highest BCUT2D eigenvalue weighted by atomic mass is 32.2. The predicted octanol–water partition coefficient (Wildman–Crippen LogP) is 2.32. The number of aromatic carboxylic acids is 1. The second kappa shape index (κ2) is 5.41. The minimum atomic E-state index is -1.29. The van der Waals surface area contributed by atoms with Crippen molar-refractivity contribution in [1.29, 1.82) is 0 Å². The van der Waals surface area contributed by atoms with Crippen LogP contribution in [-0.4, -0.2) is 26.9 Å². The number of aromatic nitrogens is 2. The highest BCUT2D eigenvalue weighted by Gasteiger charge is 2.13. The molecule has 1 heterocycles. The number of thioether (sulfide) groups is 1. The number of nitrogens with one attached hydrogen (secondary N) is 1. The Labute approximate surface area is 117 Å². The molecule has 0 fully saturated rings. The second-order valence-electron chi connectivity index (χ2n) is 3.65. The highest BCUT2D eigenvalue weighted by Crippen LogP contribution is 2.17. The molecule has 0 aliphatic carbocycles. The molecular formula is C12H10N2O3S2. The van der Waals surface area contributed by atoms with E-state index in [2.05, 4.69) is 4.98 Å². The predicted molar refractivity (Wildman–Crippen MR) is 76.0 cm³/mol. The Balaban J connectivity index is 2.74. The van der Waals surface area contributed by atoms with Gasteiger partial charge >= 0.3 is 5.97 Å². The van der Waals surface area contributed by atoms with Crippen LogP contribution in [-0.2, 0) is 0 Å². The lowest BCUT2D eigenvalue weighted by Gasteiger charge is -2.08. The Bertz CT molecular complexity index is 749. The quantitative estimate of drug-likeness (QED) is 0.671. The van der Waals surface area contributed by atoms with Gasteiger partial charge in [0.25, 0.3) is 5.56 Å². The summed E-state index contributed by atoms with van der Waals surface area (Å²) >= 11 is 6.58. The Kier molecular flexibility index (Phi) is 3.87. The van der Waals surface area contributed by atoms with E-state index in [1.54, 1.807) is 18.2 Å². The lowest BCUT2D eigenvalue weighted by Crippen LogP contribution is -2.26. The van der Waals surface area contributed by atoms with Crippen LogP contribution in [0.3, 0.4) is 0 Å². The van der Waals surface area contributed by atoms with Crippen LogP contribution in [0.5, 0.6) is 0 Å². The van der Waals surface area contributed by atoms with Crippen LogP contribution in [0.1, 0.15) is 10.4 Å². The Hall–Kier alpha value is -1.86. The van der Waals surface area contributed by atoms with Crippen molar-refractivity contribution in [2.45, 2.75) is 4.90 Å². The van der Waals surface area contributed by atoms with E-state index in [1.165, 1.54) is 16.3 Å². The minimum absolute atomic E-state index is 0.160. The van der Waals surface area contributed by atoms with E-state index >= 15 is 0 Å². The average Bonchev–Trinajstić information content (AvgIpc) is 2.38. The van der Waals surface area contributed by atoms with Crippen molar-refractivity contribution in [3.8, 4) is 5.69 Å². The minimum Gasteiger partial charge on any atom is -0.477 e. The molecule has 0 amide bonds. The molecule has 2 N–H and O–H groups in total. The lowest BCUT2D eigenvalue weighted by molar-refractivity contribution is 0.0694. The summed E-state index contributed by atoms with van der Waals surface area (Å²) in [5.74, 6) is -1.29. The number of carbonyl (C=O) groups is 1. The number of aromatic amines is 1. The van der Waals surface area contributed by atoms with Gasteiger partial charge in [0.05, 0.1) is 5.69 Å². The summed E-state index contributed by atoms with van der Waals surface area (Å²) < 4.78 is 1.34.